The number of carbonyl (C=O) groups is 1. The Hall–Kier alpha value is -2.40. The zero-order valence-corrected chi connectivity index (χ0v) is 13.8. The van der Waals surface area contributed by atoms with Crippen LogP contribution in [0.3, 0.4) is 0 Å². The van der Waals surface area contributed by atoms with Crippen molar-refractivity contribution < 1.29 is 4.79 Å². The Balaban J connectivity index is 1.97. The summed E-state index contributed by atoms with van der Waals surface area (Å²) in [5.74, 6) is -0.0855. The standard InChI is InChI=1S/C18H19N3OS/c1-2-3-11-19-18(22)16-13-15(17-10-7-12-23-17)20-21(16)14-8-5-4-6-9-14/h4-10,12-13H,2-3,11H2,1H3,(H,19,22). The summed E-state index contributed by atoms with van der Waals surface area (Å²) in [6, 6.07) is 15.6. The molecule has 0 aliphatic heterocycles. The van der Waals surface area contributed by atoms with Crippen LogP contribution in [0.1, 0.15) is 30.3 Å². The van der Waals surface area contributed by atoms with E-state index in [9.17, 15) is 4.79 Å². The van der Waals surface area contributed by atoms with Gasteiger partial charge in [-0.2, -0.15) is 5.10 Å². The molecule has 0 spiro atoms. The molecule has 0 radical (unpaired) electrons. The number of thiophene rings is 1. The molecule has 23 heavy (non-hydrogen) atoms. The van der Waals surface area contributed by atoms with Crippen molar-refractivity contribution in [3.05, 3.63) is 59.6 Å². The zero-order chi connectivity index (χ0) is 16.1. The van der Waals surface area contributed by atoms with Gasteiger partial charge in [0.05, 0.1) is 10.6 Å². The van der Waals surface area contributed by atoms with E-state index >= 15 is 0 Å². The summed E-state index contributed by atoms with van der Waals surface area (Å²) in [5.41, 5.74) is 2.27. The summed E-state index contributed by atoms with van der Waals surface area (Å²) in [6.45, 7) is 2.79. The summed E-state index contributed by atoms with van der Waals surface area (Å²) in [7, 11) is 0. The number of nitrogens with zero attached hydrogens (tertiary/aromatic N) is 2. The van der Waals surface area contributed by atoms with Gasteiger partial charge in [0.1, 0.15) is 11.4 Å². The van der Waals surface area contributed by atoms with Crippen LogP contribution in [0.2, 0.25) is 0 Å². The number of unbranched alkanes of at least 4 members (excludes halogenated alkanes) is 1. The van der Waals surface area contributed by atoms with E-state index in [-0.39, 0.29) is 5.91 Å². The van der Waals surface area contributed by atoms with Crippen molar-refractivity contribution in [1.82, 2.24) is 15.1 Å². The number of para-hydroxylation sites is 1. The number of hydrogen-bond acceptors (Lipinski definition) is 3. The third kappa shape index (κ3) is 3.51. The summed E-state index contributed by atoms with van der Waals surface area (Å²) >= 11 is 1.62. The highest BCUT2D eigenvalue weighted by Crippen LogP contribution is 2.25. The molecule has 0 atom stereocenters. The number of aromatic nitrogens is 2. The van der Waals surface area contributed by atoms with Crippen molar-refractivity contribution in [2.75, 3.05) is 6.54 Å². The molecule has 1 amide bonds. The van der Waals surface area contributed by atoms with Crippen LogP contribution >= 0.6 is 11.3 Å². The van der Waals surface area contributed by atoms with Crippen molar-refractivity contribution in [3.63, 3.8) is 0 Å². The molecule has 0 saturated heterocycles. The van der Waals surface area contributed by atoms with Gasteiger partial charge in [-0.15, -0.1) is 11.3 Å². The first-order valence-electron chi connectivity index (χ1n) is 7.77. The minimum absolute atomic E-state index is 0.0855. The molecule has 0 aliphatic carbocycles. The first kappa shape index (κ1) is 15.5. The Morgan fingerprint density at radius 1 is 1.22 bits per heavy atom. The first-order valence-corrected chi connectivity index (χ1v) is 8.65. The van der Waals surface area contributed by atoms with Crippen molar-refractivity contribution >= 4 is 17.2 Å². The molecule has 1 N–H and O–H groups in total. The summed E-state index contributed by atoms with van der Waals surface area (Å²) < 4.78 is 1.72. The Morgan fingerprint density at radius 3 is 2.74 bits per heavy atom. The highest BCUT2D eigenvalue weighted by atomic mass is 32.1. The summed E-state index contributed by atoms with van der Waals surface area (Å²) in [4.78, 5) is 13.6. The third-order valence-electron chi connectivity index (χ3n) is 3.53. The van der Waals surface area contributed by atoms with Crippen LogP contribution in [0.15, 0.2) is 53.9 Å². The summed E-state index contributed by atoms with van der Waals surface area (Å²) in [6.07, 6.45) is 2.03. The second-order valence-corrected chi connectivity index (χ2v) is 6.20. The van der Waals surface area contributed by atoms with Crippen LogP contribution in [0, 0.1) is 0 Å². The summed E-state index contributed by atoms with van der Waals surface area (Å²) in [5, 5.41) is 9.62. The monoisotopic (exact) mass is 325 g/mol. The molecule has 3 rings (SSSR count). The van der Waals surface area contributed by atoms with Gasteiger partial charge >= 0.3 is 0 Å². The van der Waals surface area contributed by atoms with E-state index in [2.05, 4.69) is 17.3 Å². The molecule has 0 saturated carbocycles. The fourth-order valence-corrected chi connectivity index (χ4v) is 3.00. The van der Waals surface area contributed by atoms with E-state index in [0.717, 1.165) is 29.1 Å². The molecule has 0 fully saturated rings. The zero-order valence-electron chi connectivity index (χ0n) is 13.0. The van der Waals surface area contributed by atoms with Crippen molar-refractivity contribution in [2.24, 2.45) is 0 Å². The fourth-order valence-electron chi connectivity index (χ4n) is 2.32. The lowest BCUT2D eigenvalue weighted by atomic mass is 10.2. The van der Waals surface area contributed by atoms with Crippen molar-refractivity contribution in [3.8, 4) is 16.3 Å². The molecule has 118 valence electrons. The molecule has 0 unspecified atom stereocenters. The van der Waals surface area contributed by atoms with Gasteiger partial charge < -0.3 is 5.32 Å². The van der Waals surface area contributed by atoms with Crippen molar-refractivity contribution in [1.29, 1.82) is 0 Å². The molecule has 2 heterocycles. The van der Waals surface area contributed by atoms with Crippen LogP contribution in [0.25, 0.3) is 16.3 Å². The molecule has 4 nitrogen and oxygen atoms in total. The van der Waals surface area contributed by atoms with E-state index in [1.165, 1.54) is 0 Å². The van der Waals surface area contributed by atoms with Crippen LogP contribution < -0.4 is 5.32 Å². The van der Waals surface area contributed by atoms with E-state index in [4.69, 9.17) is 0 Å². The van der Waals surface area contributed by atoms with E-state index in [1.807, 2.05) is 53.9 Å². The molecule has 0 bridgehead atoms. The number of benzene rings is 1. The van der Waals surface area contributed by atoms with Gasteiger partial charge in [-0.25, -0.2) is 4.68 Å². The molecule has 2 aromatic heterocycles. The highest BCUT2D eigenvalue weighted by Gasteiger charge is 2.17. The van der Waals surface area contributed by atoms with Gasteiger partial charge in [-0.3, -0.25) is 4.79 Å². The van der Waals surface area contributed by atoms with E-state index in [1.54, 1.807) is 16.0 Å². The van der Waals surface area contributed by atoms with Crippen LogP contribution in [-0.2, 0) is 0 Å². The number of rotatable bonds is 6. The molecule has 3 aromatic rings. The molecule has 0 aliphatic rings. The lowest BCUT2D eigenvalue weighted by Gasteiger charge is -2.07. The predicted octanol–water partition coefficient (Wildman–Crippen LogP) is 4.13. The van der Waals surface area contributed by atoms with Crippen LogP contribution in [0.4, 0.5) is 0 Å². The molecule has 1 aromatic carbocycles. The Bertz CT molecular complexity index is 763. The molecule has 5 heteroatoms. The Labute approximate surface area is 139 Å². The van der Waals surface area contributed by atoms with E-state index < -0.39 is 0 Å². The van der Waals surface area contributed by atoms with Crippen LogP contribution in [-0.4, -0.2) is 22.2 Å². The maximum Gasteiger partial charge on any atom is 0.270 e. The average Bonchev–Trinajstić information content (AvgIpc) is 3.25. The maximum atomic E-state index is 12.5. The van der Waals surface area contributed by atoms with Gasteiger partial charge in [0.2, 0.25) is 0 Å². The Morgan fingerprint density at radius 2 is 2.04 bits per heavy atom. The van der Waals surface area contributed by atoms with Gasteiger partial charge in [0.25, 0.3) is 5.91 Å². The van der Waals surface area contributed by atoms with Crippen LogP contribution in [0.5, 0.6) is 0 Å². The molecular weight excluding hydrogens is 306 g/mol. The second-order valence-electron chi connectivity index (χ2n) is 5.25. The number of amides is 1. The molecular formula is C18H19N3OS. The predicted molar refractivity (Wildman–Crippen MR) is 94.1 cm³/mol. The fraction of sp³-hybridized carbons (Fsp3) is 0.222. The van der Waals surface area contributed by atoms with Gasteiger partial charge in [0, 0.05) is 6.54 Å². The lowest BCUT2D eigenvalue weighted by Crippen LogP contribution is -2.26. The largest absolute Gasteiger partial charge is 0.351 e. The normalized spacial score (nSPS) is 10.7. The first-order chi connectivity index (χ1) is 11.3. The lowest BCUT2D eigenvalue weighted by molar-refractivity contribution is 0.0945. The third-order valence-corrected chi connectivity index (χ3v) is 4.42. The second kappa shape index (κ2) is 7.24. The smallest absolute Gasteiger partial charge is 0.270 e. The highest BCUT2D eigenvalue weighted by molar-refractivity contribution is 7.13. The van der Waals surface area contributed by atoms with Crippen molar-refractivity contribution in [2.45, 2.75) is 19.8 Å². The SMILES string of the molecule is CCCCNC(=O)c1cc(-c2cccs2)nn1-c1ccccc1. The minimum Gasteiger partial charge on any atom is -0.351 e. The van der Waals surface area contributed by atoms with Gasteiger partial charge in [0.15, 0.2) is 0 Å². The van der Waals surface area contributed by atoms with Gasteiger partial charge in [-0.05, 0) is 36.1 Å². The van der Waals surface area contributed by atoms with E-state index in [0.29, 0.717) is 12.2 Å². The number of hydrogen-bond donors (Lipinski definition) is 1. The maximum absolute atomic E-state index is 12.5. The Kier molecular flexibility index (Phi) is 4.88. The number of nitrogens with one attached hydrogen (secondary N) is 1. The quantitative estimate of drug-likeness (QED) is 0.693. The topological polar surface area (TPSA) is 46.9 Å². The average molecular weight is 325 g/mol. The van der Waals surface area contributed by atoms with Gasteiger partial charge in [-0.1, -0.05) is 37.6 Å². The minimum atomic E-state index is -0.0855. The number of carbonyl (C=O) groups excluding carboxylic acids is 1.